The molecule has 0 spiro atoms. The molecule has 1 atom stereocenters. The number of fused-ring (bicyclic) bond motifs is 1. The number of likely N-dealkylation sites (tertiary alicyclic amines) is 1. The van der Waals surface area contributed by atoms with Gasteiger partial charge in [-0.2, -0.15) is 5.10 Å². The van der Waals surface area contributed by atoms with E-state index in [-0.39, 0.29) is 11.8 Å². The predicted molar refractivity (Wildman–Crippen MR) is 128 cm³/mol. The van der Waals surface area contributed by atoms with Crippen LogP contribution in [0.2, 0.25) is 0 Å². The summed E-state index contributed by atoms with van der Waals surface area (Å²) in [6.45, 7) is 9.47. The quantitative estimate of drug-likeness (QED) is 0.460. The van der Waals surface area contributed by atoms with Crippen molar-refractivity contribution in [1.29, 1.82) is 0 Å². The highest BCUT2D eigenvalue weighted by Crippen LogP contribution is 2.31. The van der Waals surface area contributed by atoms with Crippen LogP contribution in [0.25, 0.3) is 10.9 Å². The molecule has 3 aromatic heterocycles. The summed E-state index contributed by atoms with van der Waals surface area (Å²) in [5, 5.41) is 12.5. The van der Waals surface area contributed by atoms with E-state index in [1.165, 1.54) is 4.88 Å². The van der Waals surface area contributed by atoms with Crippen molar-refractivity contribution >= 4 is 39.0 Å². The number of benzene rings is 1. The van der Waals surface area contributed by atoms with Gasteiger partial charge in [-0.15, -0.1) is 11.3 Å². The lowest BCUT2D eigenvalue weighted by molar-refractivity contribution is 0.0786. The maximum Gasteiger partial charge on any atom is 0.275 e. The highest BCUT2D eigenvalue weighted by Gasteiger charge is 2.31. The lowest BCUT2D eigenvalue weighted by atomic mass is 10.0. The van der Waals surface area contributed by atoms with Gasteiger partial charge in [0, 0.05) is 46.3 Å². The number of nitrogens with one attached hydrogen (secondary N) is 2. The topological polar surface area (TPSA) is 86.8 Å². The fourth-order valence-corrected chi connectivity index (χ4v) is 5.09. The Kier molecular flexibility index (Phi) is 5.17. The largest absolute Gasteiger partial charge is 0.337 e. The summed E-state index contributed by atoms with van der Waals surface area (Å²) in [7, 11) is 0. The average Bonchev–Trinajstić information content (AvgIpc) is 3.46. The number of aromatic nitrogens is 4. The van der Waals surface area contributed by atoms with Crippen LogP contribution in [0.1, 0.15) is 50.3 Å². The van der Waals surface area contributed by atoms with Crippen molar-refractivity contribution in [3.63, 3.8) is 0 Å². The first-order chi connectivity index (χ1) is 15.4. The van der Waals surface area contributed by atoms with Crippen LogP contribution in [0.15, 0.2) is 30.3 Å². The predicted octanol–water partition coefficient (Wildman–Crippen LogP) is 5.02. The van der Waals surface area contributed by atoms with Gasteiger partial charge in [-0.25, -0.2) is 4.98 Å². The minimum absolute atomic E-state index is 0.0240. The van der Waals surface area contributed by atoms with Gasteiger partial charge in [-0.05, 0) is 58.4 Å². The number of carbonyl (C=O) groups is 1. The standard InChI is InChI=1S/C24H26N6OS/c1-13-5-6-20-19(9-13)22(29-28-20)23(31)30-8-7-17(12-30)21-11-18(10-14(2)25-21)27-24-26-15(3)16(4)32-24/h5-6,9-11,17H,7-8,12H2,1-4H3,(H,28,29)(H,25,26,27)/t17-/m1/s1. The summed E-state index contributed by atoms with van der Waals surface area (Å²) in [6, 6.07) is 10.1. The Labute approximate surface area is 190 Å². The van der Waals surface area contributed by atoms with Crippen molar-refractivity contribution in [1.82, 2.24) is 25.1 Å². The zero-order chi connectivity index (χ0) is 22.4. The molecular formula is C24H26N6OS. The number of hydrogen-bond acceptors (Lipinski definition) is 6. The Morgan fingerprint density at radius 1 is 1.16 bits per heavy atom. The first kappa shape index (κ1) is 20.6. The SMILES string of the molecule is Cc1ccc2[nH]nc(C(=O)N3CC[C@@H](c4cc(Nc5nc(C)c(C)s5)cc(C)n4)C3)c2c1. The zero-order valence-electron chi connectivity index (χ0n) is 18.7. The first-order valence-electron chi connectivity index (χ1n) is 10.8. The number of nitrogens with zero attached hydrogens (tertiary/aromatic N) is 4. The van der Waals surface area contributed by atoms with Crippen molar-refractivity contribution in [3.05, 3.63) is 63.5 Å². The van der Waals surface area contributed by atoms with Gasteiger partial charge < -0.3 is 10.2 Å². The van der Waals surface area contributed by atoms with Crippen LogP contribution in [0.3, 0.4) is 0 Å². The second kappa shape index (κ2) is 8.02. The number of pyridine rings is 1. The highest BCUT2D eigenvalue weighted by molar-refractivity contribution is 7.15. The number of thiazole rings is 1. The molecule has 1 fully saturated rings. The molecular weight excluding hydrogens is 420 g/mol. The van der Waals surface area contributed by atoms with Gasteiger partial charge in [0.2, 0.25) is 0 Å². The summed E-state index contributed by atoms with van der Waals surface area (Å²) >= 11 is 1.65. The second-order valence-electron chi connectivity index (χ2n) is 8.57. The van der Waals surface area contributed by atoms with Gasteiger partial charge in [0.1, 0.15) is 0 Å². The number of aromatic amines is 1. The van der Waals surface area contributed by atoms with Gasteiger partial charge in [-0.3, -0.25) is 14.9 Å². The third kappa shape index (κ3) is 3.86. The molecule has 0 bridgehead atoms. The molecule has 1 aliphatic rings. The minimum atomic E-state index is -0.0240. The van der Waals surface area contributed by atoms with E-state index in [2.05, 4.69) is 33.5 Å². The summed E-state index contributed by atoms with van der Waals surface area (Å²) in [4.78, 5) is 25.7. The van der Waals surface area contributed by atoms with Gasteiger partial charge in [0.25, 0.3) is 5.91 Å². The molecule has 0 unspecified atom stereocenters. The summed E-state index contributed by atoms with van der Waals surface area (Å²) < 4.78 is 0. The molecule has 5 rings (SSSR count). The van der Waals surface area contributed by atoms with Crippen molar-refractivity contribution in [2.45, 2.75) is 40.0 Å². The lowest BCUT2D eigenvalue weighted by Crippen LogP contribution is -2.29. The third-order valence-electron chi connectivity index (χ3n) is 6.07. The Morgan fingerprint density at radius 2 is 2.00 bits per heavy atom. The molecule has 0 aliphatic carbocycles. The molecule has 4 aromatic rings. The number of carbonyl (C=O) groups excluding carboxylic acids is 1. The first-order valence-corrected chi connectivity index (χ1v) is 11.6. The maximum atomic E-state index is 13.2. The lowest BCUT2D eigenvalue weighted by Gasteiger charge is -2.16. The maximum absolute atomic E-state index is 13.2. The Morgan fingerprint density at radius 3 is 2.78 bits per heavy atom. The number of H-pyrrole nitrogens is 1. The molecule has 7 nitrogen and oxygen atoms in total. The van der Waals surface area contributed by atoms with E-state index in [0.717, 1.165) is 50.8 Å². The fraction of sp³-hybridized carbons (Fsp3) is 0.333. The Bertz CT molecular complexity index is 1300. The molecule has 1 amide bonds. The fourth-order valence-electron chi connectivity index (χ4n) is 4.25. The molecule has 1 aliphatic heterocycles. The monoisotopic (exact) mass is 446 g/mol. The van der Waals surface area contributed by atoms with Crippen LogP contribution in [0.4, 0.5) is 10.8 Å². The number of rotatable bonds is 4. The van der Waals surface area contributed by atoms with Crippen molar-refractivity contribution < 1.29 is 4.79 Å². The molecule has 164 valence electrons. The second-order valence-corrected chi connectivity index (χ2v) is 9.77. The Hall–Kier alpha value is -3.26. The summed E-state index contributed by atoms with van der Waals surface area (Å²) in [6.07, 6.45) is 0.887. The zero-order valence-corrected chi connectivity index (χ0v) is 19.5. The number of aryl methyl sites for hydroxylation is 4. The smallest absolute Gasteiger partial charge is 0.275 e. The molecule has 0 saturated carbocycles. The van der Waals surface area contributed by atoms with Crippen LogP contribution in [-0.2, 0) is 0 Å². The molecule has 1 saturated heterocycles. The molecule has 8 heteroatoms. The van der Waals surface area contributed by atoms with E-state index < -0.39 is 0 Å². The van der Waals surface area contributed by atoms with Gasteiger partial charge in [0.15, 0.2) is 10.8 Å². The van der Waals surface area contributed by atoms with Crippen LogP contribution >= 0.6 is 11.3 Å². The molecule has 1 aromatic carbocycles. The van der Waals surface area contributed by atoms with Crippen LogP contribution < -0.4 is 5.32 Å². The third-order valence-corrected chi connectivity index (χ3v) is 7.06. The van der Waals surface area contributed by atoms with E-state index in [9.17, 15) is 4.79 Å². The van der Waals surface area contributed by atoms with E-state index in [1.807, 2.05) is 49.9 Å². The Balaban J connectivity index is 1.35. The molecule has 32 heavy (non-hydrogen) atoms. The summed E-state index contributed by atoms with van der Waals surface area (Å²) in [5.41, 5.74) is 6.50. The molecule has 4 heterocycles. The summed E-state index contributed by atoms with van der Waals surface area (Å²) in [5.74, 6) is 0.176. The van der Waals surface area contributed by atoms with Crippen molar-refractivity contribution in [2.75, 3.05) is 18.4 Å². The van der Waals surface area contributed by atoms with E-state index in [1.54, 1.807) is 11.3 Å². The average molecular weight is 447 g/mol. The van der Waals surface area contributed by atoms with E-state index >= 15 is 0 Å². The van der Waals surface area contributed by atoms with Crippen molar-refractivity contribution in [2.24, 2.45) is 0 Å². The van der Waals surface area contributed by atoms with Gasteiger partial charge in [0.05, 0.1) is 11.2 Å². The van der Waals surface area contributed by atoms with Gasteiger partial charge in [-0.1, -0.05) is 11.6 Å². The van der Waals surface area contributed by atoms with Crippen LogP contribution in [-0.4, -0.2) is 44.1 Å². The van der Waals surface area contributed by atoms with Crippen LogP contribution in [0.5, 0.6) is 0 Å². The number of hydrogen-bond donors (Lipinski definition) is 2. The molecule has 2 N–H and O–H groups in total. The van der Waals surface area contributed by atoms with E-state index in [0.29, 0.717) is 18.8 Å². The van der Waals surface area contributed by atoms with Gasteiger partial charge >= 0.3 is 0 Å². The number of amides is 1. The number of anilines is 2. The normalized spacial score (nSPS) is 16.1. The molecule has 0 radical (unpaired) electrons. The van der Waals surface area contributed by atoms with Crippen molar-refractivity contribution in [3.8, 4) is 0 Å². The van der Waals surface area contributed by atoms with Crippen LogP contribution in [0, 0.1) is 27.7 Å². The van der Waals surface area contributed by atoms with E-state index in [4.69, 9.17) is 4.98 Å². The highest BCUT2D eigenvalue weighted by atomic mass is 32.1. The minimum Gasteiger partial charge on any atom is -0.337 e.